The van der Waals surface area contributed by atoms with Crippen molar-refractivity contribution in [1.29, 1.82) is 0 Å². The van der Waals surface area contributed by atoms with Gasteiger partial charge in [0.25, 0.3) is 5.91 Å². The van der Waals surface area contributed by atoms with Crippen LogP contribution in [0, 0.1) is 5.41 Å². The summed E-state index contributed by atoms with van der Waals surface area (Å²) in [6.45, 7) is 4.45. The van der Waals surface area contributed by atoms with E-state index in [0.717, 1.165) is 72.0 Å². The molecule has 2 aliphatic rings. The molecule has 168 valence electrons. The summed E-state index contributed by atoms with van der Waals surface area (Å²) in [6, 6.07) is 20.9. The molecule has 5 heteroatoms. The molecule has 0 radical (unpaired) electrons. The average Bonchev–Trinajstić information content (AvgIpc) is 3.44. The molecular weight excluding hydrogens is 420 g/mol. The number of hydrogen-bond donors (Lipinski definition) is 1. The van der Waals surface area contributed by atoms with Crippen LogP contribution in [-0.2, 0) is 0 Å². The Hall–Kier alpha value is -2.56. The Morgan fingerprint density at radius 2 is 1.84 bits per heavy atom. The first-order valence-electron chi connectivity index (χ1n) is 11.4. The van der Waals surface area contributed by atoms with Gasteiger partial charge in [-0.25, -0.2) is 0 Å². The molecule has 1 atom stereocenters. The molecule has 1 heterocycles. The number of carbonyl (C=O) groups is 1. The monoisotopic (exact) mass is 450 g/mol. The normalized spacial score (nSPS) is 18.9. The van der Waals surface area contributed by atoms with Crippen molar-refractivity contribution >= 4 is 29.1 Å². The summed E-state index contributed by atoms with van der Waals surface area (Å²) in [4.78, 5) is 15.1. The zero-order valence-corrected chi connectivity index (χ0v) is 19.4. The van der Waals surface area contributed by atoms with Crippen LogP contribution in [0.4, 0.5) is 0 Å². The van der Waals surface area contributed by atoms with E-state index in [4.69, 9.17) is 10.5 Å². The van der Waals surface area contributed by atoms with Crippen molar-refractivity contribution in [2.24, 2.45) is 11.1 Å². The number of carbonyl (C=O) groups excluding carboxylic acids is 1. The molecule has 1 saturated carbocycles. The summed E-state index contributed by atoms with van der Waals surface area (Å²) >= 11 is 0. The van der Waals surface area contributed by atoms with Crippen molar-refractivity contribution in [1.82, 2.24) is 4.90 Å². The fraction of sp³-hybridized carbons (Fsp3) is 0.370. The topological polar surface area (TPSA) is 55.6 Å². The minimum atomic E-state index is 0. The first kappa shape index (κ1) is 22.6. The molecule has 4 nitrogen and oxygen atoms in total. The van der Waals surface area contributed by atoms with E-state index in [1.54, 1.807) is 0 Å². The molecule has 3 aromatic rings. The molecule has 1 aliphatic carbocycles. The van der Waals surface area contributed by atoms with Crippen LogP contribution in [0.15, 0.2) is 60.7 Å². The molecule has 1 saturated heterocycles. The third-order valence-corrected chi connectivity index (χ3v) is 7.04. The summed E-state index contributed by atoms with van der Waals surface area (Å²) in [5, 5.41) is 2.23. The predicted molar refractivity (Wildman–Crippen MR) is 133 cm³/mol. The molecule has 0 aromatic heterocycles. The molecule has 5 rings (SSSR count). The van der Waals surface area contributed by atoms with E-state index in [1.165, 1.54) is 0 Å². The van der Waals surface area contributed by atoms with Gasteiger partial charge in [0.15, 0.2) is 0 Å². The largest absolute Gasteiger partial charge is 0.494 e. The molecule has 2 fully saturated rings. The molecule has 2 N–H and O–H groups in total. The summed E-state index contributed by atoms with van der Waals surface area (Å²) < 4.78 is 5.81. The maximum Gasteiger partial charge on any atom is 0.253 e. The zero-order chi connectivity index (χ0) is 21.4. The maximum atomic E-state index is 13.1. The van der Waals surface area contributed by atoms with Gasteiger partial charge in [0, 0.05) is 24.7 Å². The Bertz CT molecular complexity index is 1120. The van der Waals surface area contributed by atoms with E-state index < -0.39 is 0 Å². The second-order valence-corrected chi connectivity index (χ2v) is 9.08. The van der Waals surface area contributed by atoms with Crippen LogP contribution in [-0.4, -0.2) is 36.5 Å². The zero-order valence-electron chi connectivity index (χ0n) is 18.5. The van der Waals surface area contributed by atoms with Crippen LogP contribution in [0.2, 0.25) is 0 Å². The van der Waals surface area contributed by atoms with Crippen molar-refractivity contribution in [2.75, 3.05) is 19.7 Å². The van der Waals surface area contributed by atoms with Gasteiger partial charge < -0.3 is 15.4 Å². The molecule has 1 aliphatic heterocycles. The smallest absolute Gasteiger partial charge is 0.253 e. The number of ether oxygens (including phenoxy) is 1. The number of halogens is 1. The van der Waals surface area contributed by atoms with Gasteiger partial charge in [-0.15, -0.1) is 12.4 Å². The highest BCUT2D eigenvalue weighted by Crippen LogP contribution is 2.52. The molecule has 3 aromatic carbocycles. The first-order valence-corrected chi connectivity index (χ1v) is 11.4. The van der Waals surface area contributed by atoms with Gasteiger partial charge in [0.05, 0.1) is 6.61 Å². The first-order chi connectivity index (χ1) is 15.1. The van der Waals surface area contributed by atoms with E-state index in [1.807, 2.05) is 29.2 Å². The van der Waals surface area contributed by atoms with Crippen LogP contribution < -0.4 is 10.5 Å². The molecule has 32 heavy (non-hydrogen) atoms. The van der Waals surface area contributed by atoms with Gasteiger partial charge in [-0.3, -0.25) is 4.79 Å². The summed E-state index contributed by atoms with van der Waals surface area (Å²) in [6.07, 6.45) is 4.18. The second-order valence-electron chi connectivity index (χ2n) is 9.08. The molecule has 1 unspecified atom stereocenters. The fourth-order valence-corrected chi connectivity index (χ4v) is 4.93. The highest BCUT2D eigenvalue weighted by atomic mass is 35.5. The van der Waals surface area contributed by atoms with Gasteiger partial charge in [-0.05, 0) is 77.3 Å². The number of likely N-dealkylation sites (tertiary alicyclic amines) is 1. The van der Waals surface area contributed by atoms with E-state index in [2.05, 4.69) is 43.3 Å². The SMILES string of the molecule is CCCOc1cccc(-c2cccc3cc(C(=O)N4CCC5(CC4)CC5N)ccc23)c1.Cl. The van der Waals surface area contributed by atoms with Crippen LogP contribution >= 0.6 is 12.4 Å². The number of amides is 1. The Kier molecular flexibility index (Phi) is 6.45. The standard InChI is InChI=1S/C27H30N2O2.ClH/c1-2-15-31-22-7-3-5-20(17-22)23-8-4-6-19-16-21(9-10-24(19)23)26(30)29-13-11-27(12-14-29)18-25(27)28;/h3-10,16-17,25H,2,11-15,18,28H2,1H3;1H. The van der Waals surface area contributed by atoms with Crippen LogP contribution in [0.1, 0.15) is 43.0 Å². The average molecular weight is 451 g/mol. The minimum absolute atomic E-state index is 0. The third kappa shape index (κ3) is 4.22. The predicted octanol–water partition coefficient (Wildman–Crippen LogP) is 5.67. The van der Waals surface area contributed by atoms with Gasteiger partial charge in [-0.1, -0.05) is 43.3 Å². The molecular formula is C27H31ClN2O2. The summed E-state index contributed by atoms with van der Waals surface area (Å²) in [5.74, 6) is 1.02. The van der Waals surface area contributed by atoms with Crippen LogP contribution in [0.5, 0.6) is 5.75 Å². The second kappa shape index (κ2) is 9.13. The molecule has 0 bridgehead atoms. The van der Waals surface area contributed by atoms with Crippen LogP contribution in [0.25, 0.3) is 21.9 Å². The van der Waals surface area contributed by atoms with Crippen molar-refractivity contribution in [3.8, 4) is 16.9 Å². The highest BCUT2D eigenvalue weighted by molar-refractivity contribution is 6.02. The van der Waals surface area contributed by atoms with Crippen LogP contribution in [0.3, 0.4) is 0 Å². The minimum Gasteiger partial charge on any atom is -0.494 e. The number of fused-ring (bicyclic) bond motifs is 1. The Balaban J connectivity index is 0.00000245. The van der Waals surface area contributed by atoms with Gasteiger partial charge >= 0.3 is 0 Å². The number of nitrogens with two attached hydrogens (primary N) is 1. The number of nitrogens with zero attached hydrogens (tertiary/aromatic N) is 1. The van der Waals surface area contributed by atoms with E-state index >= 15 is 0 Å². The Labute approximate surface area is 196 Å². The highest BCUT2D eigenvalue weighted by Gasteiger charge is 2.53. The Morgan fingerprint density at radius 3 is 2.56 bits per heavy atom. The maximum absolute atomic E-state index is 13.1. The van der Waals surface area contributed by atoms with Crippen molar-refractivity contribution in [3.05, 3.63) is 66.2 Å². The van der Waals surface area contributed by atoms with Crippen molar-refractivity contribution in [3.63, 3.8) is 0 Å². The van der Waals surface area contributed by atoms with E-state index in [0.29, 0.717) is 18.1 Å². The lowest BCUT2D eigenvalue weighted by Crippen LogP contribution is -2.40. The quantitative estimate of drug-likeness (QED) is 0.544. The van der Waals surface area contributed by atoms with E-state index in [9.17, 15) is 4.79 Å². The lowest BCUT2D eigenvalue weighted by molar-refractivity contribution is 0.0675. The lowest BCUT2D eigenvalue weighted by Gasteiger charge is -2.32. The summed E-state index contributed by atoms with van der Waals surface area (Å²) in [5.41, 5.74) is 9.48. The van der Waals surface area contributed by atoms with Gasteiger partial charge in [0.2, 0.25) is 0 Å². The Morgan fingerprint density at radius 1 is 1.09 bits per heavy atom. The molecule has 1 amide bonds. The van der Waals surface area contributed by atoms with Crippen molar-refractivity contribution < 1.29 is 9.53 Å². The van der Waals surface area contributed by atoms with Gasteiger partial charge in [-0.2, -0.15) is 0 Å². The lowest BCUT2D eigenvalue weighted by atomic mass is 9.92. The fourth-order valence-electron chi connectivity index (χ4n) is 4.93. The number of piperidine rings is 1. The third-order valence-electron chi connectivity index (χ3n) is 7.04. The summed E-state index contributed by atoms with van der Waals surface area (Å²) in [7, 11) is 0. The number of rotatable bonds is 5. The molecule has 1 spiro atoms. The van der Waals surface area contributed by atoms with Crippen molar-refractivity contribution in [2.45, 2.75) is 38.6 Å². The number of hydrogen-bond acceptors (Lipinski definition) is 3. The number of benzene rings is 3. The van der Waals surface area contributed by atoms with Gasteiger partial charge in [0.1, 0.15) is 5.75 Å². The van der Waals surface area contributed by atoms with E-state index in [-0.39, 0.29) is 18.3 Å².